The average Bonchev–Trinajstić information content (AvgIpc) is 2.98. The van der Waals surface area contributed by atoms with Crippen LogP contribution in [0.25, 0.3) is 0 Å². The number of fused-ring (bicyclic) bond motifs is 5. The Kier molecular flexibility index (Phi) is 5.71. The maximum atomic E-state index is 11.3. The second-order valence-corrected chi connectivity index (χ2v) is 12.4. The van der Waals surface area contributed by atoms with Crippen molar-refractivity contribution in [2.45, 2.75) is 111 Å². The van der Waals surface area contributed by atoms with Crippen molar-refractivity contribution in [1.29, 1.82) is 0 Å². The third-order valence-corrected chi connectivity index (χ3v) is 10.6. The van der Waals surface area contributed by atoms with Crippen molar-refractivity contribution in [3.05, 3.63) is 0 Å². The molecule has 0 aliphatic heterocycles. The van der Waals surface area contributed by atoms with Crippen LogP contribution < -0.4 is 0 Å². The molecule has 0 aromatic rings. The van der Waals surface area contributed by atoms with Crippen LogP contribution in [0.4, 0.5) is 0 Å². The predicted octanol–water partition coefficient (Wildman–Crippen LogP) is 6.05. The number of hydrogen-bond donors (Lipinski definition) is 2. The molecule has 2 heteroatoms. The topological polar surface area (TPSA) is 40.5 Å². The van der Waals surface area contributed by atoms with E-state index in [-0.39, 0.29) is 12.2 Å². The summed E-state index contributed by atoms with van der Waals surface area (Å²) < 4.78 is 0. The first-order valence-electron chi connectivity index (χ1n) is 12.5. The van der Waals surface area contributed by atoms with Gasteiger partial charge < -0.3 is 10.2 Å². The van der Waals surface area contributed by atoms with Gasteiger partial charge in [0.25, 0.3) is 0 Å². The molecule has 0 saturated heterocycles. The van der Waals surface area contributed by atoms with Gasteiger partial charge in [-0.3, -0.25) is 0 Å². The van der Waals surface area contributed by atoms with Gasteiger partial charge in [-0.1, -0.05) is 47.5 Å². The van der Waals surface area contributed by atoms with Crippen LogP contribution in [-0.2, 0) is 0 Å². The Balaban J connectivity index is 1.55. The van der Waals surface area contributed by atoms with Crippen LogP contribution in [0.1, 0.15) is 98.8 Å². The lowest BCUT2D eigenvalue weighted by molar-refractivity contribution is -0.174. The minimum absolute atomic E-state index is 0.131. The van der Waals surface area contributed by atoms with Crippen molar-refractivity contribution in [1.82, 2.24) is 0 Å². The summed E-state index contributed by atoms with van der Waals surface area (Å²) in [4.78, 5) is 0. The van der Waals surface area contributed by atoms with Crippen molar-refractivity contribution < 1.29 is 10.2 Å². The zero-order valence-electron chi connectivity index (χ0n) is 19.2. The number of hydrogen-bond acceptors (Lipinski definition) is 2. The second-order valence-electron chi connectivity index (χ2n) is 12.4. The van der Waals surface area contributed by atoms with Crippen LogP contribution in [0.3, 0.4) is 0 Å². The molecule has 4 aliphatic carbocycles. The molecule has 0 aromatic carbocycles. The standard InChI is InChI=1S/C26H46O2/c1-16(2)6-7-17(3)20-8-9-21-24-22(11-13-26(20,21)5)25(4)12-10-19(27)14-18(25)15-23(24)28/h16-24,27-28H,6-15H2,1-5H3/t17?,18?,19-,20-,21?,22?,23?,24?,25?,26?/m1/s1. The Labute approximate surface area is 173 Å². The number of aliphatic hydroxyl groups is 2. The molecule has 2 N–H and O–H groups in total. The summed E-state index contributed by atoms with van der Waals surface area (Å²) in [7, 11) is 0. The summed E-state index contributed by atoms with van der Waals surface area (Å²) in [6.45, 7) is 12.3. The van der Waals surface area contributed by atoms with Crippen molar-refractivity contribution in [2.75, 3.05) is 0 Å². The Hall–Kier alpha value is -0.0800. The molecule has 4 aliphatic rings. The highest BCUT2D eigenvalue weighted by Gasteiger charge is 2.62. The molecule has 0 aromatic heterocycles. The van der Waals surface area contributed by atoms with Crippen LogP contribution in [0.5, 0.6) is 0 Å². The molecule has 10 atom stereocenters. The molecule has 28 heavy (non-hydrogen) atoms. The van der Waals surface area contributed by atoms with Gasteiger partial charge in [-0.05, 0) is 104 Å². The molecule has 2 nitrogen and oxygen atoms in total. The average molecular weight is 391 g/mol. The van der Waals surface area contributed by atoms with E-state index in [9.17, 15) is 10.2 Å². The smallest absolute Gasteiger partial charge is 0.0577 e. The lowest BCUT2D eigenvalue weighted by atomic mass is 9.43. The highest BCUT2D eigenvalue weighted by atomic mass is 16.3. The van der Waals surface area contributed by atoms with Crippen LogP contribution in [0.2, 0.25) is 0 Å². The predicted molar refractivity (Wildman–Crippen MR) is 116 cm³/mol. The highest BCUT2D eigenvalue weighted by Crippen LogP contribution is 2.68. The van der Waals surface area contributed by atoms with E-state index in [0.717, 1.165) is 42.9 Å². The molecule has 0 spiro atoms. The first-order valence-corrected chi connectivity index (χ1v) is 12.5. The minimum Gasteiger partial charge on any atom is -0.393 e. The van der Waals surface area contributed by atoms with Gasteiger partial charge in [-0.15, -0.1) is 0 Å². The highest BCUT2D eigenvalue weighted by molar-refractivity contribution is 5.11. The zero-order chi connectivity index (χ0) is 20.3. The van der Waals surface area contributed by atoms with Gasteiger partial charge >= 0.3 is 0 Å². The van der Waals surface area contributed by atoms with Crippen molar-refractivity contribution in [3.8, 4) is 0 Å². The maximum absolute atomic E-state index is 11.3. The Morgan fingerprint density at radius 2 is 1.50 bits per heavy atom. The quantitative estimate of drug-likeness (QED) is 0.613. The minimum atomic E-state index is -0.136. The zero-order valence-corrected chi connectivity index (χ0v) is 19.2. The van der Waals surface area contributed by atoms with Crippen LogP contribution in [-0.4, -0.2) is 22.4 Å². The molecule has 4 fully saturated rings. The summed E-state index contributed by atoms with van der Waals surface area (Å²) in [6.07, 6.45) is 11.9. The van der Waals surface area contributed by atoms with Crippen molar-refractivity contribution in [3.63, 3.8) is 0 Å². The first-order chi connectivity index (χ1) is 13.2. The lowest BCUT2D eigenvalue weighted by Gasteiger charge is -2.62. The molecule has 4 saturated carbocycles. The molecule has 8 unspecified atom stereocenters. The third-order valence-electron chi connectivity index (χ3n) is 10.6. The van der Waals surface area contributed by atoms with E-state index in [1.54, 1.807) is 0 Å². The SMILES string of the molecule is CC(C)CCC(C)[C@H]1CCC2C3C(O)CC4C[C@H](O)CCC4(C)C3CCC21C. The molecule has 162 valence electrons. The Morgan fingerprint density at radius 3 is 2.21 bits per heavy atom. The molecular weight excluding hydrogens is 344 g/mol. The molecule has 0 radical (unpaired) electrons. The first kappa shape index (κ1) is 21.2. The fraction of sp³-hybridized carbons (Fsp3) is 1.00. The molecule has 4 rings (SSSR count). The van der Waals surface area contributed by atoms with Crippen molar-refractivity contribution >= 4 is 0 Å². The van der Waals surface area contributed by atoms with E-state index in [4.69, 9.17) is 0 Å². The summed E-state index contributed by atoms with van der Waals surface area (Å²) in [6, 6.07) is 0. The fourth-order valence-electron chi connectivity index (χ4n) is 8.97. The normalized spacial score (nSPS) is 52.1. The summed E-state index contributed by atoms with van der Waals surface area (Å²) in [5, 5.41) is 21.6. The monoisotopic (exact) mass is 390 g/mol. The van der Waals surface area contributed by atoms with Crippen LogP contribution >= 0.6 is 0 Å². The summed E-state index contributed by atoms with van der Waals surface area (Å²) in [5.41, 5.74) is 0.793. The van der Waals surface area contributed by atoms with E-state index in [0.29, 0.717) is 28.6 Å². The van der Waals surface area contributed by atoms with Gasteiger partial charge in [-0.25, -0.2) is 0 Å². The Bertz CT molecular complexity index is 559. The van der Waals surface area contributed by atoms with Crippen molar-refractivity contribution in [2.24, 2.45) is 52.3 Å². The molecular formula is C26H46O2. The van der Waals surface area contributed by atoms with Gasteiger partial charge in [0.2, 0.25) is 0 Å². The molecule has 0 heterocycles. The van der Waals surface area contributed by atoms with E-state index in [1.807, 2.05) is 0 Å². The Morgan fingerprint density at radius 1 is 0.821 bits per heavy atom. The maximum Gasteiger partial charge on any atom is 0.0577 e. The summed E-state index contributed by atoms with van der Waals surface area (Å²) >= 11 is 0. The van der Waals surface area contributed by atoms with Gasteiger partial charge in [0, 0.05) is 0 Å². The van der Waals surface area contributed by atoms with Crippen LogP contribution in [0.15, 0.2) is 0 Å². The van der Waals surface area contributed by atoms with Crippen LogP contribution in [0, 0.1) is 52.3 Å². The van der Waals surface area contributed by atoms with E-state index < -0.39 is 0 Å². The van der Waals surface area contributed by atoms with Gasteiger partial charge in [0.15, 0.2) is 0 Å². The molecule has 0 amide bonds. The van der Waals surface area contributed by atoms with Gasteiger partial charge in [-0.2, -0.15) is 0 Å². The lowest BCUT2D eigenvalue weighted by Crippen LogP contribution is -2.58. The number of aliphatic hydroxyl groups excluding tert-OH is 2. The van der Waals surface area contributed by atoms with E-state index >= 15 is 0 Å². The second kappa shape index (κ2) is 7.56. The van der Waals surface area contributed by atoms with E-state index in [1.165, 1.54) is 44.9 Å². The van der Waals surface area contributed by atoms with E-state index in [2.05, 4.69) is 34.6 Å². The third kappa shape index (κ3) is 3.29. The summed E-state index contributed by atoms with van der Waals surface area (Å²) in [5.74, 6) is 4.92. The largest absolute Gasteiger partial charge is 0.393 e. The molecule has 0 bridgehead atoms. The number of rotatable bonds is 4. The fourth-order valence-corrected chi connectivity index (χ4v) is 8.97. The van der Waals surface area contributed by atoms with Gasteiger partial charge in [0.1, 0.15) is 0 Å². The van der Waals surface area contributed by atoms with Gasteiger partial charge in [0.05, 0.1) is 12.2 Å².